The molecule has 6 heteroatoms. The summed E-state index contributed by atoms with van der Waals surface area (Å²) < 4.78 is 5.49. The maximum atomic E-state index is 14.2. The van der Waals surface area contributed by atoms with Crippen molar-refractivity contribution in [1.82, 2.24) is 4.90 Å². The Morgan fingerprint density at radius 2 is 1.18 bits per heavy atom. The summed E-state index contributed by atoms with van der Waals surface area (Å²) in [5.74, 6) is -3.35. The van der Waals surface area contributed by atoms with E-state index in [1.807, 2.05) is 78.9 Å². The number of Topliss-reactive ketones (excluding diaryl/α,β-unsaturated/α-hetero) is 1. The van der Waals surface area contributed by atoms with Crippen LogP contribution in [0.4, 0.5) is 0 Å². The monoisotopic (exact) mass is 521 g/mol. The second-order valence-electron chi connectivity index (χ2n) is 11.8. The van der Waals surface area contributed by atoms with E-state index in [4.69, 9.17) is 4.74 Å². The fourth-order valence-corrected chi connectivity index (χ4v) is 6.57. The maximum Gasteiger partial charge on any atom is 0.330 e. The van der Waals surface area contributed by atoms with Gasteiger partial charge in [0, 0.05) is 23.7 Å². The summed E-state index contributed by atoms with van der Waals surface area (Å²) in [6.45, 7) is 4.87. The molecule has 2 amide bonds. The quantitative estimate of drug-likeness (QED) is 0.349. The van der Waals surface area contributed by atoms with Crippen LogP contribution in [0.3, 0.4) is 0 Å². The van der Waals surface area contributed by atoms with Crippen molar-refractivity contribution in [2.75, 3.05) is 6.61 Å². The van der Waals surface area contributed by atoms with Crippen LogP contribution in [0.25, 0.3) is 0 Å². The molecule has 4 aliphatic rings. The van der Waals surface area contributed by atoms with Crippen LogP contribution in [-0.4, -0.2) is 41.1 Å². The minimum atomic E-state index is -1.16. The van der Waals surface area contributed by atoms with Crippen molar-refractivity contribution in [3.8, 4) is 0 Å². The molecule has 3 atom stereocenters. The Morgan fingerprint density at radius 3 is 1.62 bits per heavy atom. The largest absolute Gasteiger partial charge is 0.456 e. The molecule has 0 radical (unpaired) electrons. The highest BCUT2D eigenvalue weighted by atomic mass is 16.5. The van der Waals surface area contributed by atoms with E-state index >= 15 is 0 Å². The molecule has 1 heterocycles. The summed E-state index contributed by atoms with van der Waals surface area (Å²) in [4.78, 5) is 55.7. The zero-order valence-electron chi connectivity index (χ0n) is 22.3. The summed E-state index contributed by atoms with van der Waals surface area (Å²) in [6, 6.07) is 24.2. The standard InChI is InChI=1S/C33H31NO5/c1-33(2,3)25(35)18-39-32(38)24(17-19-11-5-4-6-12-19)34-30(36)28-26-20-13-7-8-14-21(20)27(29(28)31(34)37)23-16-10-9-15-22(23)26/h4-16,24,26-29H,17-18H2,1-3H3. The molecule has 6 nitrogen and oxygen atoms in total. The van der Waals surface area contributed by atoms with E-state index in [-0.39, 0.29) is 35.9 Å². The average molecular weight is 522 g/mol. The molecule has 3 aliphatic carbocycles. The molecule has 2 bridgehead atoms. The summed E-state index contributed by atoms with van der Waals surface area (Å²) in [5, 5.41) is 0. The highest BCUT2D eigenvalue weighted by molar-refractivity contribution is 6.10. The fraction of sp³-hybridized carbons (Fsp3) is 0.333. The van der Waals surface area contributed by atoms with Crippen LogP contribution in [-0.2, 0) is 30.3 Å². The van der Waals surface area contributed by atoms with Crippen LogP contribution in [0.15, 0.2) is 78.9 Å². The first-order valence-electron chi connectivity index (χ1n) is 13.5. The number of nitrogens with zero attached hydrogens (tertiary/aromatic N) is 1. The van der Waals surface area contributed by atoms with Crippen molar-refractivity contribution in [2.24, 2.45) is 17.3 Å². The van der Waals surface area contributed by atoms with Gasteiger partial charge in [0.1, 0.15) is 6.04 Å². The van der Waals surface area contributed by atoms with Crippen molar-refractivity contribution in [2.45, 2.75) is 45.1 Å². The molecule has 1 aliphatic heterocycles. The van der Waals surface area contributed by atoms with Gasteiger partial charge in [0.05, 0.1) is 11.8 Å². The Bertz CT molecular complexity index is 1370. The summed E-state index contributed by atoms with van der Waals surface area (Å²) in [6.07, 6.45) is 0.121. The number of hydrogen-bond donors (Lipinski definition) is 0. The Morgan fingerprint density at radius 1 is 0.744 bits per heavy atom. The Kier molecular flexibility index (Phi) is 6.01. The number of carbonyl (C=O) groups is 4. The normalized spacial score (nSPS) is 23.6. The average Bonchev–Trinajstić information content (AvgIpc) is 3.20. The predicted molar refractivity (Wildman–Crippen MR) is 145 cm³/mol. The number of rotatable bonds is 6. The summed E-state index contributed by atoms with van der Waals surface area (Å²) in [7, 11) is 0. The van der Waals surface area contributed by atoms with Crippen LogP contribution in [0.2, 0.25) is 0 Å². The van der Waals surface area contributed by atoms with Crippen LogP contribution < -0.4 is 0 Å². The minimum absolute atomic E-state index is 0.121. The molecule has 39 heavy (non-hydrogen) atoms. The smallest absolute Gasteiger partial charge is 0.330 e. The van der Waals surface area contributed by atoms with Gasteiger partial charge in [0.25, 0.3) is 0 Å². The topological polar surface area (TPSA) is 80.8 Å². The van der Waals surface area contributed by atoms with E-state index in [0.29, 0.717) is 0 Å². The molecule has 0 spiro atoms. The van der Waals surface area contributed by atoms with Crippen molar-refractivity contribution in [1.29, 1.82) is 0 Å². The number of ketones is 1. The second kappa shape index (κ2) is 9.30. The second-order valence-corrected chi connectivity index (χ2v) is 11.8. The van der Waals surface area contributed by atoms with Crippen LogP contribution >= 0.6 is 0 Å². The van der Waals surface area contributed by atoms with Gasteiger partial charge in [-0.3, -0.25) is 19.3 Å². The van der Waals surface area contributed by atoms with Gasteiger partial charge < -0.3 is 4.74 Å². The van der Waals surface area contributed by atoms with Crippen molar-refractivity contribution < 1.29 is 23.9 Å². The van der Waals surface area contributed by atoms with Crippen LogP contribution in [0, 0.1) is 17.3 Å². The molecule has 7 rings (SSSR count). The number of hydrogen-bond acceptors (Lipinski definition) is 5. The van der Waals surface area contributed by atoms with Gasteiger partial charge in [0.2, 0.25) is 11.8 Å². The SMILES string of the molecule is CC(C)(C)C(=O)COC(=O)C(Cc1ccccc1)N1C(=O)C2C3c4ccccc4C(c4ccccc43)C2C1=O. The molecule has 0 N–H and O–H groups in total. The van der Waals surface area contributed by atoms with E-state index in [9.17, 15) is 19.2 Å². The molecule has 198 valence electrons. The number of imide groups is 1. The lowest BCUT2D eigenvalue weighted by molar-refractivity contribution is -0.161. The van der Waals surface area contributed by atoms with Crippen molar-refractivity contribution in [3.05, 3.63) is 107 Å². The Labute approximate surface area is 228 Å². The number of benzene rings is 3. The molecule has 3 unspecified atom stereocenters. The van der Waals surface area contributed by atoms with Gasteiger partial charge in [-0.2, -0.15) is 0 Å². The maximum absolute atomic E-state index is 14.2. The van der Waals surface area contributed by atoms with E-state index in [0.717, 1.165) is 32.7 Å². The lowest BCUT2D eigenvalue weighted by Gasteiger charge is -2.45. The number of esters is 1. The minimum Gasteiger partial charge on any atom is -0.456 e. The van der Waals surface area contributed by atoms with Gasteiger partial charge >= 0.3 is 5.97 Å². The molecular formula is C33H31NO5. The first-order chi connectivity index (χ1) is 18.7. The van der Waals surface area contributed by atoms with Gasteiger partial charge in [-0.1, -0.05) is 99.6 Å². The lowest BCUT2D eigenvalue weighted by atomic mass is 9.55. The molecule has 3 aromatic rings. The summed E-state index contributed by atoms with van der Waals surface area (Å²) in [5.41, 5.74) is 4.41. The molecule has 1 fully saturated rings. The van der Waals surface area contributed by atoms with E-state index in [1.54, 1.807) is 20.8 Å². The van der Waals surface area contributed by atoms with Crippen molar-refractivity contribution >= 4 is 23.6 Å². The van der Waals surface area contributed by atoms with Gasteiger partial charge in [-0.15, -0.1) is 0 Å². The van der Waals surface area contributed by atoms with Crippen LogP contribution in [0.1, 0.15) is 60.4 Å². The summed E-state index contributed by atoms with van der Waals surface area (Å²) >= 11 is 0. The third kappa shape index (κ3) is 4.01. The number of amides is 2. The zero-order chi connectivity index (χ0) is 27.5. The third-order valence-corrected chi connectivity index (χ3v) is 8.52. The van der Waals surface area contributed by atoms with Crippen molar-refractivity contribution in [3.63, 3.8) is 0 Å². The fourth-order valence-electron chi connectivity index (χ4n) is 6.57. The van der Waals surface area contributed by atoms with Gasteiger partial charge in [-0.05, 0) is 27.8 Å². The number of likely N-dealkylation sites (tertiary alicyclic amines) is 1. The van der Waals surface area contributed by atoms with Crippen LogP contribution in [0.5, 0.6) is 0 Å². The zero-order valence-corrected chi connectivity index (χ0v) is 22.3. The van der Waals surface area contributed by atoms with Gasteiger partial charge in [0.15, 0.2) is 12.4 Å². The highest BCUT2D eigenvalue weighted by Gasteiger charge is 2.63. The molecule has 1 saturated heterocycles. The molecule has 0 saturated carbocycles. The molecule has 0 aromatic heterocycles. The Balaban J connectivity index is 1.39. The third-order valence-electron chi connectivity index (χ3n) is 8.52. The van der Waals surface area contributed by atoms with E-state index in [2.05, 4.69) is 0 Å². The number of carbonyl (C=O) groups excluding carboxylic acids is 4. The lowest BCUT2D eigenvalue weighted by Crippen LogP contribution is -2.48. The molecule has 3 aromatic carbocycles. The number of ether oxygens (including phenoxy) is 1. The molecular weight excluding hydrogens is 490 g/mol. The first kappa shape index (κ1) is 25.2. The van der Waals surface area contributed by atoms with E-state index in [1.165, 1.54) is 0 Å². The highest BCUT2D eigenvalue weighted by Crippen LogP contribution is 2.61. The Hall–Kier alpha value is -4.06. The first-order valence-corrected chi connectivity index (χ1v) is 13.5. The van der Waals surface area contributed by atoms with E-state index < -0.39 is 35.9 Å². The predicted octanol–water partition coefficient (Wildman–Crippen LogP) is 4.65. The van der Waals surface area contributed by atoms with Gasteiger partial charge in [-0.25, -0.2) is 4.79 Å².